The lowest BCUT2D eigenvalue weighted by Crippen LogP contribution is -2.29. The van der Waals surface area contributed by atoms with Gasteiger partial charge in [0.25, 0.3) is 11.7 Å². The van der Waals surface area contributed by atoms with Crippen molar-refractivity contribution in [3.8, 4) is 5.75 Å². The summed E-state index contributed by atoms with van der Waals surface area (Å²) in [5, 5.41) is 0. The number of carbonyl (C=O) groups excluding carboxylic acids is 2. The molecule has 1 aliphatic rings. The number of halogens is 1. The summed E-state index contributed by atoms with van der Waals surface area (Å²) in [4.78, 5) is 26.2. The summed E-state index contributed by atoms with van der Waals surface area (Å²) < 4.78 is 18.3. The van der Waals surface area contributed by atoms with E-state index in [2.05, 4.69) is 0 Å². The Balaban J connectivity index is 1.78. The van der Waals surface area contributed by atoms with Gasteiger partial charge in [-0.05, 0) is 42.5 Å². The van der Waals surface area contributed by atoms with Gasteiger partial charge in [-0.3, -0.25) is 14.5 Å². The SMILES string of the molecule is COc1ccc(SCN2C(=O)C(=O)c3cc(F)ccc32)cc1. The van der Waals surface area contributed by atoms with Crippen molar-refractivity contribution >= 4 is 29.1 Å². The Bertz CT molecular complexity index is 746. The minimum Gasteiger partial charge on any atom is -0.497 e. The molecule has 22 heavy (non-hydrogen) atoms. The average Bonchev–Trinajstić information content (AvgIpc) is 2.77. The molecule has 1 heterocycles. The van der Waals surface area contributed by atoms with E-state index in [-0.39, 0.29) is 11.4 Å². The van der Waals surface area contributed by atoms with E-state index < -0.39 is 17.5 Å². The first-order valence-corrected chi connectivity index (χ1v) is 7.51. The fraction of sp³-hybridized carbons (Fsp3) is 0.125. The second-order valence-electron chi connectivity index (χ2n) is 4.67. The maximum Gasteiger partial charge on any atom is 0.300 e. The molecule has 0 aromatic heterocycles. The summed E-state index contributed by atoms with van der Waals surface area (Å²) in [6, 6.07) is 11.2. The van der Waals surface area contributed by atoms with E-state index in [0.717, 1.165) is 16.7 Å². The van der Waals surface area contributed by atoms with Crippen molar-refractivity contribution in [1.82, 2.24) is 0 Å². The normalized spacial score (nSPS) is 13.5. The van der Waals surface area contributed by atoms with E-state index in [4.69, 9.17) is 4.74 Å². The fourth-order valence-corrected chi connectivity index (χ4v) is 3.07. The smallest absolute Gasteiger partial charge is 0.300 e. The molecule has 3 rings (SSSR count). The van der Waals surface area contributed by atoms with E-state index in [1.54, 1.807) is 7.11 Å². The monoisotopic (exact) mass is 317 g/mol. The number of carbonyl (C=O) groups is 2. The third kappa shape index (κ3) is 2.57. The number of ketones is 1. The first-order chi connectivity index (χ1) is 10.6. The molecule has 0 atom stereocenters. The van der Waals surface area contributed by atoms with Gasteiger partial charge in [0.2, 0.25) is 0 Å². The van der Waals surface area contributed by atoms with Crippen LogP contribution in [0.5, 0.6) is 5.75 Å². The van der Waals surface area contributed by atoms with Gasteiger partial charge in [-0.25, -0.2) is 4.39 Å². The third-order valence-corrected chi connectivity index (χ3v) is 4.35. The highest BCUT2D eigenvalue weighted by molar-refractivity contribution is 7.99. The minimum absolute atomic E-state index is 0.125. The Labute approximate surface area is 130 Å². The topological polar surface area (TPSA) is 46.6 Å². The summed E-state index contributed by atoms with van der Waals surface area (Å²) in [6.07, 6.45) is 0. The van der Waals surface area contributed by atoms with Crippen LogP contribution in [0, 0.1) is 5.82 Å². The molecule has 1 aliphatic heterocycles. The van der Waals surface area contributed by atoms with Gasteiger partial charge in [-0.1, -0.05) is 0 Å². The van der Waals surface area contributed by atoms with Crippen molar-refractivity contribution in [3.05, 3.63) is 53.8 Å². The minimum atomic E-state index is -0.662. The molecule has 0 bridgehead atoms. The second-order valence-corrected chi connectivity index (χ2v) is 5.69. The van der Waals surface area contributed by atoms with Crippen LogP contribution in [0.2, 0.25) is 0 Å². The Kier molecular flexibility index (Phi) is 3.85. The zero-order chi connectivity index (χ0) is 15.7. The summed E-state index contributed by atoms with van der Waals surface area (Å²) >= 11 is 1.41. The molecule has 2 aromatic carbocycles. The van der Waals surface area contributed by atoms with Crippen LogP contribution in [0.25, 0.3) is 0 Å². The Hall–Kier alpha value is -2.34. The molecule has 2 aromatic rings. The molecule has 0 aliphatic carbocycles. The number of Topliss-reactive ketones (excluding diaryl/α,β-unsaturated/α-hetero) is 1. The molecule has 0 saturated heterocycles. The summed E-state index contributed by atoms with van der Waals surface area (Å²) in [7, 11) is 1.59. The predicted octanol–water partition coefficient (Wildman–Crippen LogP) is 3.11. The van der Waals surface area contributed by atoms with Crippen LogP contribution in [0.4, 0.5) is 10.1 Å². The Morgan fingerprint density at radius 1 is 1.14 bits per heavy atom. The van der Waals surface area contributed by atoms with Gasteiger partial charge in [-0.2, -0.15) is 0 Å². The van der Waals surface area contributed by atoms with E-state index in [9.17, 15) is 14.0 Å². The Morgan fingerprint density at radius 2 is 1.86 bits per heavy atom. The molecule has 4 nitrogen and oxygen atoms in total. The van der Waals surface area contributed by atoms with Gasteiger partial charge >= 0.3 is 0 Å². The van der Waals surface area contributed by atoms with Crippen molar-refractivity contribution < 1.29 is 18.7 Å². The van der Waals surface area contributed by atoms with Gasteiger partial charge in [-0.15, -0.1) is 11.8 Å². The van der Waals surface area contributed by atoms with Crippen LogP contribution in [0.15, 0.2) is 47.4 Å². The molecule has 0 N–H and O–H groups in total. The first-order valence-electron chi connectivity index (χ1n) is 6.53. The van der Waals surface area contributed by atoms with Gasteiger partial charge in [0, 0.05) is 4.90 Å². The van der Waals surface area contributed by atoms with E-state index in [1.807, 2.05) is 24.3 Å². The standard InChI is InChI=1S/C16H12FNO3S/c1-21-11-3-5-12(6-4-11)22-9-18-14-7-2-10(17)8-13(14)15(19)16(18)20/h2-8H,9H2,1H3. The number of amides is 1. The molecule has 6 heteroatoms. The molecule has 0 unspecified atom stereocenters. The van der Waals surface area contributed by atoms with Crippen molar-refractivity contribution in [2.24, 2.45) is 0 Å². The van der Waals surface area contributed by atoms with Crippen LogP contribution in [0.1, 0.15) is 10.4 Å². The average molecular weight is 317 g/mol. The number of benzene rings is 2. The number of rotatable bonds is 4. The van der Waals surface area contributed by atoms with E-state index in [0.29, 0.717) is 5.69 Å². The van der Waals surface area contributed by atoms with Crippen LogP contribution < -0.4 is 9.64 Å². The van der Waals surface area contributed by atoms with Crippen LogP contribution in [-0.2, 0) is 4.79 Å². The first kappa shape index (κ1) is 14.6. The number of hydrogen-bond acceptors (Lipinski definition) is 4. The Morgan fingerprint density at radius 3 is 2.55 bits per heavy atom. The number of nitrogens with zero attached hydrogens (tertiary/aromatic N) is 1. The van der Waals surface area contributed by atoms with Crippen LogP contribution >= 0.6 is 11.8 Å². The number of fused-ring (bicyclic) bond motifs is 1. The second kappa shape index (κ2) is 5.81. The number of anilines is 1. The fourth-order valence-electron chi connectivity index (χ4n) is 2.21. The quantitative estimate of drug-likeness (QED) is 0.642. The number of methoxy groups -OCH3 is 1. The van der Waals surface area contributed by atoms with Gasteiger partial charge in [0.15, 0.2) is 0 Å². The largest absolute Gasteiger partial charge is 0.497 e. The predicted molar refractivity (Wildman–Crippen MR) is 81.9 cm³/mol. The molecule has 1 amide bonds. The maximum absolute atomic E-state index is 13.2. The summed E-state index contributed by atoms with van der Waals surface area (Å²) in [5.74, 6) is -0.774. The highest BCUT2D eigenvalue weighted by Gasteiger charge is 2.35. The van der Waals surface area contributed by atoms with Crippen molar-refractivity contribution in [2.45, 2.75) is 4.90 Å². The van der Waals surface area contributed by atoms with Crippen molar-refractivity contribution in [1.29, 1.82) is 0 Å². The molecular formula is C16H12FNO3S. The van der Waals surface area contributed by atoms with Crippen molar-refractivity contribution in [2.75, 3.05) is 17.9 Å². The lowest BCUT2D eigenvalue weighted by atomic mass is 10.1. The summed E-state index contributed by atoms with van der Waals surface area (Å²) in [5.41, 5.74) is 0.581. The highest BCUT2D eigenvalue weighted by atomic mass is 32.2. The summed E-state index contributed by atoms with van der Waals surface area (Å²) in [6.45, 7) is 0. The zero-order valence-corrected chi connectivity index (χ0v) is 12.5. The van der Waals surface area contributed by atoms with Crippen LogP contribution in [0.3, 0.4) is 0 Å². The highest BCUT2D eigenvalue weighted by Crippen LogP contribution is 2.32. The molecule has 0 spiro atoms. The molecule has 0 radical (unpaired) electrons. The lowest BCUT2D eigenvalue weighted by Gasteiger charge is -2.16. The number of hydrogen-bond donors (Lipinski definition) is 0. The van der Waals surface area contributed by atoms with Gasteiger partial charge < -0.3 is 4.74 Å². The van der Waals surface area contributed by atoms with Gasteiger partial charge in [0.1, 0.15) is 11.6 Å². The van der Waals surface area contributed by atoms with E-state index >= 15 is 0 Å². The van der Waals surface area contributed by atoms with Crippen molar-refractivity contribution in [3.63, 3.8) is 0 Å². The zero-order valence-electron chi connectivity index (χ0n) is 11.7. The van der Waals surface area contributed by atoms with Gasteiger partial charge in [0.05, 0.1) is 24.2 Å². The molecule has 112 valence electrons. The van der Waals surface area contributed by atoms with Crippen LogP contribution in [-0.4, -0.2) is 24.7 Å². The lowest BCUT2D eigenvalue weighted by molar-refractivity contribution is -0.114. The van der Waals surface area contributed by atoms with E-state index in [1.165, 1.54) is 28.8 Å². The molecular weight excluding hydrogens is 305 g/mol. The number of ether oxygens (including phenoxy) is 1. The molecule has 0 fully saturated rings. The third-order valence-electron chi connectivity index (χ3n) is 3.35. The maximum atomic E-state index is 13.2. The molecule has 0 saturated carbocycles. The number of thioether (sulfide) groups is 1.